The van der Waals surface area contributed by atoms with Gasteiger partial charge in [-0.2, -0.15) is 4.31 Å². The summed E-state index contributed by atoms with van der Waals surface area (Å²) in [7, 11) is -3.74. The van der Waals surface area contributed by atoms with Crippen molar-refractivity contribution in [3.05, 3.63) is 60.2 Å². The topological polar surface area (TPSA) is 90.4 Å². The van der Waals surface area contributed by atoms with Crippen molar-refractivity contribution in [1.82, 2.24) is 9.37 Å². The van der Waals surface area contributed by atoms with E-state index in [-0.39, 0.29) is 6.41 Å². The summed E-state index contributed by atoms with van der Waals surface area (Å²) < 4.78 is 32.8. The van der Waals surface area contributed by atoms with Crippen LogP contribution in [-0.4, -0.2) is 74.0 Å². The summed E-state index contributed by atoms with van der Waals surface area (Å²) in [5.74, 6) is 5.83. The van der Waals surface area contributed by atoms with Gasteiger partial charge in [0.1, 0.15) is 11.8 Å². The van der Waals surface area contributed by atoms with Crippen LogP contribution < -0.4 is 9.64 Å². The molecule has 1 aliphatic heterocycles. The molecule has 32 heavy (non-hydrogen) atoms. The van der Waals surface area contributed by atoms with Crippen LogP contribution in [-0.2, 0) is 14.8 Å². The van der Waals surface area contributed by atoms with Crippen molar-refractivity contribution in [2.45, 2.75) is 13.0 Å². The molecule has 170 valence electrons. The van der Waals surface area contributed by atoms with Gasteiger partial charge in [0.2, 0.25) is 16.4 Å². The van der Waals surface area contributed by atoms with Crippen LogP contribution in [0.4, 0.5) is 5.69 Å². The Hall–Kier alpha value is -3.06. The number of piperazine rings is 1. The van der Waals surface area contributed by atoms with E-state index in [4.69, 9.17) is 4.74 Å². The van der Waals surface area contributed by atoms with Crippen molar-refractivity contribution in [3.63, 3.8) is 0 Å². The number of carbonyl (C=O) groups is 1. The van der Waals surface area contributed by atoms with Gasteiger partial charge in [0.25, 0.3) is 0 Å². The first-order valence-electron chi connectivity index (χ1n) is 10.4. The molecule has 2 aromatic carbocycles. The highest BCUT2D eigenvalue weighted by Crippen LogP contribution is 2.22. The number of hydrogen-bond donors (Lipinski definition) is 1. The molecule has 1 heterocycles. The molecule has 0 radical (unpaired) electrons. The first kappa shape index (κ1) is 23.6. The second kappa shape index (κ2) is 11.0. The Morgan fingerprint density at radius 2 is 1.75 bits per heavy atom. The number of anilines is 1. The molecule has 3 rings (SSSR count). The zero-order valence-corrected chi connectivity index (χ0v) is 18.7. The molecule has 0 aliphatic carbocycles. The van der Waals surface area contributed by atoms with E-state index in [0.717, 1.165) is 11.4 Å². The number of hydroxylamine groups is 2. The third-order valence-electron chi connectivity index (χ3n) is 5.10. The monoisotopic (exact) mass is 457 g/mol. The van der Waals surface area contributed by atoms with Crippen molar-refractivity contribution in [2.24, 2.45) is 0 Å². The third-order valence-corrected chi connectivity index (χ3v) is 6.99. The van der Waals surface area contributed by atoms with Gasteiger partial charge >= 0.3 is 0 Å². The van der Waals surface area contributed by atoms with Gasteiger partial charge in [-0.05, 0) is 43.3 Å². The van der Waals surface area contributed by atoms with Crippen LogP contribution >= 0.6 is 0 Å². The van der Waals surface area contributed by atoms with E-state index in [0.29, 0.717) is 43.4 Å². The number of nitrogens with zero attached hydrogens (tertiary/aromatic N) is 3. The number of carbonyl (C=O) groups excluding carboxylic acids is 1. The minimum absolute atomic E-state index is 0.170. The molecule has 1 N–H and O–H groups in total. The number of hydrogen-bond acceptors (Lipinski definition) is 6. The molecule has 1 saturated heterocycles. The predicted octanol–water partition coefficient (Wildman–Crippen LogP) is 1.80. The summed E-state index contributed by atoms with van der Waals surface area (Å²) in [6, 6.07) is 15.5. The maximum absolute atomic E-state index is 13.0. The molecular weight excluding hydrogens is 430 g/mol. The highest BCUT2D eigenvalue weighted by molar-refractivity contribution is 7.89. The summed E-state index contributed by atoms with van der Waals surface area (Å²) in [5.41, 5.74) is 1.66. The Morgan fingerprint density at radius 3 is 2.34 bits per heavy atom. The Labute approximate surface area is 189 Å². The van der Waals surface area contributed by atoms with Crippen LogP contribution in [0.1, 0.15) is 12.5 Å². The fourth-order valence-electron chi connectivity index (χ4n) is 3.39. The lowest BCUT2D eigenvalue weighted by Gasteiger charge is -2.36. The zero-order chi connectivity index (χ0) is 23.0. The Kier molecular flexibility index (Phi) is 8.11. The lowest BCUT2D eigenvalue weighted by Crippen LogP contribution is -2.51. The smallest absolute Gasteiger partial charge is 0.234 e. The Balaban J connectivity index is 1.64. The minimum atomic E-state index is -3.74. The van der Waals surface area contributed by atoms with E-state index in [1.165, 1.54) is 4.31 Å². The van der Waals surface area contributed by atoms with Crippen molar-refractivity contribution in [1.29, 1.82) is 0 Å². The Bertz CT molecular complexity index is 1040. The average molecular weight is 458 g/mol. The molecule has 1 unspecified atom stereocenters. The van der Waals surface area contributed by atoms with E-state index >= 15 is 0 Å². The minimum Gasteiger partial charge on any atom is -0.494 e. The van der Waals surface area contributed by atoms with Gasteiger partial charge in [-0.1, -0.05) is 30.0 Å². The number of amides is 1. The summed E-state index contributed by atoms with van der Waals surface area (Å²) in [5, 5.41) is 10.2. The molecule has 1 amide bonds. The molecule has 0 aromatic heterocycles. The molecule has 0 bridgehead atoms. The molecule has 1 fully saturated rings. The number of ether oxygens (including phenoxy) is 1. The van der Waals surface area contributed by atoms with Crippen molar-refractivity contribution in [2.75, 3.05) is 43.4 Å². The van der Waals surface area contributed by atoms with Crippen LogP contribution in [0.3, 0.4) is 0 Å². The number of benzene rings is 2. The first-order chi connectivity index (χ1) is 15.4. The van der Waals surface area contributed by atoms with Gasteiger partial charge in [-0.15, -0.1) is 0 Å². The maximum Gasteiger partial charge on any atom is 0.234 e. The van der Waals surface area contributed by atoms with Gasteiger partial charge in [-0.25, -0.2) is 13.5 Å². The van der Waals surface area contributed by atoms with Gasteiger partial charge < -0.3 is 9.64 Å². The second-order valence-electron chi connectivity index (χ2n) is 7.23. The second-order valence-corrected chi connectivity index (χ2v) is 9.24. The lowest BCUT2D eigenvalue weighted by atomic mass is 10.2. The largest absolute Gasteiger partial charge is 0.494 e. The van der Waals surface area contributed by atoms with Crippen LogP contribution in [0.5, 0.6) is 5.75 Å². The van der Waals surface area contributed by atoms with E-state index in [9.17, 15) is 18.4 Å². The normalized spacial score (nSPS) is 15.4. The SMILES string of the molecule is CCOc1ccc(N2CCN(S(=O)(=O)CC(C#Cc3ccccc3)N(O)C=O)CC2)cc1. The first-order valence-corrected chi connectivity index (χ1v) is 12.0. The predicted molar refractivity (Wildman–Crippen MR) is 122 cm³/mol. The highest BCUT2D eigenvalue weighted by Gasteiger charge is 2.31. The van der Waals surface area contributed by atoms with Crippen molar-refractivity contribution in [3.8, 4) is 17.6 Å². The third kappa shape index (κ3) is 6.23. The molecule has 2 aromatic rings. The van der Waals surface area contributed by atoms with Crippen LogP contribution in [0.2, 0.25) is 0 Å². The molecular formula is C23H27N3O5S. The summed E-state index contributed by atoms with van der Waals surface area (Å²) in [6.45, 7) is 4.20. The standard InChI is InChI=1S/C23H27N3O5S/c1-2-31-23-12-10-21(11-13-23)24-14-16-25(17-15-24)32(29,30)18-22(26(28)19-27)9-8-20-6-4-3-5-7-20/h3-7,10-13,19,22,28H,2,14-18H2,1H3. The number of rotatable bonds is 8. The average Bonchev–Trinajstić information content (AvgIpc) is 2.82. The van der Waals surface area contributed by atoms with Gasteiger partial charge in [-0.3, -0.25) is 10.0 Å². The molecule has 0 saturated carbocycles. The lowest BCUT2D eigenvalue weighted by molar-refractivity contribution is -0.153. The van der Waals surface area contributed by atoms with Crippen LogP contribution in [0, 0.1) is 11.8 Å². The van der Waals surface area contributed by atoms with Crippen molar-refractivity contribution >= 4 is 22.1 Å². The van der Waals surface area contributed by atoms with Gasteiger partial charge in [0, 0.05) is 37.4 Å². The quantitative estimate of drug-likeness (QED) is 0.281. The zero-order valence-electron chi connectivity index (χ0n) is 17.9. The molecule has 1 atom stereocenters. The van der Waals surface area contributed by atoms with E-state index in [1.807, 2.05) is 37.3 Å². The molecule has 9 heteroatoms. The van der Waals surface area contributed by atoms with E-state index < -0.39 is 21.8 Å². The molecule has 1 aliphatic rings. The fraction of sp³-hybridized carbons (Fsp3) is 0.348. The van der Waals surface area contributed by atoms with E-state index in [2.05, 4.69) is 16.7 Å². The maximum atomic E-state index is 13.0. The van der Waals surface area contributed by atoms with E-state index in [1.54, 1.807) is 24.3 Å². The highest BCUT2D eigenvalue weighted by atomic mass is 32.2. The van der Waals surface area contributed by atoms with Gasteiger partial charge in [0.15, 0.2) is 0 Å². The molecule has 8 nitrogen and oxygen atoms in total. The van der Waals surface area contributed by atoms with Gasteiger partial charge in [0.05, 0.1) is 12.4 Å². The summed E-state index contributed by atoms with van der Waals surface area (Å²) >= 11 is 0. The fourth-order valence-corrected chi connectivity index (χ4v) is 4.96. The summed E-state index contributed by atoms with van der Waals surface area (Å²) in [4.78, 5) is 13.2. The summed E-state index contributed by atoms with van der Waals surface area (Å²) in [6.07, 6.45) is 0.170. The number of sulfonamides is 1. The Morgan fingerprint density at radius 1 is 1.09 bits per heavy atom. The van der Waals surface area contributed by atoms with Crippen molar-refractivity contribution < 1.29 is 23.2 Å². The van der Waals surface area contributed by atoms with Crippen LogP contribution in [0.25, 0.3) is 0 Å². The van der Waals surface area contributed by atoms with Crippen LogP contribution in [0.15, 0.2) is 54.6 Å². The molecule has 0 spiro atoms.